The van der Waals surface area contributed by atoms with Crippen molar-refractivity contribution in [2.24, 2.45) is 0 Å². The summed E-state index contributed by atoms with van der Waals surface area (Å²) in [5.41, 5.74) is 3.15. The van der Waals surface area contributed by atoms with Crippen molar-refractivity contribution in [2.75, 3.05) is 5.32 Å². The van der Waals surface area contributed by atoms with Crippen molar-refractivity contribution in [1.82, 2.24) is 14.8 Å². The summed E-state index contributed by atoms with van der Waals surface area (Å²) in [6, 6.07) is 20.8. The van der Waals surface area contributed by atoms with Crippen LogP contribution in [0.3, 0.4) is 0 Å². The number of hydrogen-bond donors (Lipinski definition) is 1. The lowest BCUT2D eigenvalue weighted by atomic mass is 10.1. The molecule has 0 unspecified atom stereocenters. The first kappa shape index (κ1) is 19.0. The lowest BCUT2D eigenvalue weighted by Gasteiger charge is -2.06. The van der Waals surface area contributed by atoms with Gasteiger partial charge in [-0.15, -0.1) is 5.10 Å². The van der Waals surface area contributed by atoms with Crippen molar-refractivity contribution in [3.05, 3.63) is 94.5 Å². The molecule has 1 aromatic heterocycles. The van der Waals surface area contributed by atoms with E-state index in [0.717, 1.165) is 15.6 Å². The molecule has 4 aromatic rings. The Labute approximate surface area is 175 Å². The summed E-state index contributed by atoms with van der Waals surface area (Å²) in [6.45, 7) is 1.99. The minimum Gasteiger partial charge on any atom is -0.319 e. The van der Waals surface area contributed by atoms with Gasteiger partial charge in [-0.3, -0.25) is 4.79 Å². The van der Waals surface area contributed by atoms with Gasteiger partial charge in [0.15, 0.2) is 5.82 Å². The molecule has 0 aliphatic heterocycles. The molecular weight excluding hydrogens is 435 g/mol. The van der Waals surface area contributed by atoms with Crippen molar-refractivity contribution in [1.29, 1.82) is 0 Å². The highest BCUT2D eigenvalue weighted by atomic mass is 79.9. The number of rotatable bonds is 4. The first-order chi connectivity index (χ1) is 14.0. The SMILES string of the molecule is Cc1ccc(-c2nc(C(=O)Nc3ccc(Br)cc3)nn2-c2ccc(F)cc2)cc1. The van der Waals surface area contributed by atoms with Gasteiger partial charge in [0.25, 0.3) is 5.91 Å². The van der Waals surface area contributed by atoms with Crippen molar-refractivity contribution in [3.63, 3.8) is 0 Å². The van der Waals surface area contributed by atoms with Crippen LogP contribution in [0.15, 0.2) is 77.3 Å². The summed E-state index contributed by atoms with van der Waals surface area (Å²) in [5, 5.41) is 7.17. The van der Waals surface area contributed by atoms with Crippen LogP contribution in [0.25, 0.3) is 17.1 Å². The fourth-order valence-corrected chi connectivity index (χ4v) is 3.04. The minimum atomic E-state index is -0.429. The van der Waals surface area contributed by atoms with E-state index in [-0.39, 0.29) is 11.6 Å². The molecule has 0 aliphatic carbocycles. The van der Waals surface area contributed by atoms with Gasteiger partial charge in [0, 0.05) is 15.7 Å². The van der Waals surface area contributed by atoms with Gasteiger partial charge in [0.1, 0.15) is 5.82 Å². The average Bonchev–Trinajstić information content (AvgIpc) is 3.16. The fourth-order valence-electron chi connectivity index (χ4n) is 2.78. The summed E-state index contributed by atoms with van der Waals surface area (Å²) in [5.74, 6) is -0.258. The number of halogens is 2. The second kappa shape index (κ2) is 7.97. The van der Waals surface area contributed by atoms with Crippen molar-refractivity contribution in [3.8, 4) is 17.1 Å². The summed E-state index contributed by atoms with van der Waals surface area (Å²) in [6.07, 6.45) is 0. The molecular formula is C22H16BrFN4O. The van der Waals surface area contributed by atoms with Crippen molar-refractivity contribution >= 4 is 27.5 Å². The molecule has 4 rings (SSSR count). The molecule has 0 atom stereocenters. The Morgan fingerprint density at radius 2 is 1.62 bits per heavy atom. The lowest BCUT2D eigenvalue weighted by Crippen LogP contribution is -2.14. The molecule has 0 saturated heterocycles. The molecule has 1 heterocycles. The van der Waals surface area contributed by atoms with Gasteiger partial charge in [-0.05, 0) is 55.5 Å². The third-order valence-electron chi connectivity index (χ3n) is 4.29. The van der Waals surface area contributed by atoms with Crippen LogP contribution in [0.5, 0.6) is 0 Å². The highest BCUT2D eigenvalue weighted by Crippen LogP contribution is 2.23. The van der Waals surface area contributed by atoms with Gasteiger partial charge >= 0.3 is 0 Å². The molecule has 0 radical (unpaired) electrons. The Morgan fingerprint density at radius 3 is 2.28 bits per heavy atom. The Hall–Kier alpha value is -3.32. The predicted octanol–water partition coefficient (Wildman–Crippen LogP) is 5.40. The number of benzene rings is 3. The zero-order chi connectivity index (χ0) is 20.4. The number of anilines is 1. The molecule has 5 nitrogen and oxygen atoms in total. The Bertz CT molecular complexity index is 1090. The second-order valence-corrected chi connectivity index (χ2v) is 7.39. The van der Waals surface area contributed by atoms with Crippen LogP contribution in [-0.2, 0) is 0 Å². The molecule has 7 heteroatoms. The van der Waals surface area contributed by atoms with Gasteiger partial charge < -0.3 is 5.32 Å². The smallest absolute Gasteiger partial charge is 0.295 e. The Balaban J connectivity index is 1.74. The number of aryl methyl sites for hydroxylation is 1. The van der Waals surface area contributed by atoms with E-state index < -0.39 is 5.91 Å². The summed E-state index contributed by atoms with van der Waals surface area (Å²) in [7, 11) is 0. The third kappa shape index (κ3) is 4.25. The third-order valence-corrected chi connectivity index (χ3v) is 4.82. The highest BCUT2D eigenvalue weighted by molar-refractivity contribution is 9.10. The number of nitrogens with one attached hydrogen (secondary N) is 1. The van der Waals surface area contributed by atoms with Crippen LogP contribution in [-0.4, -0.2) is 20.7 Å². The zero-order valence-electron chi connectivity index (χ0n) is 15.4. The standard InChI is InChI=1S/C22H16BrFN4O/c1-14-2-4-15(5-3-14)21-26-20(22(29)25-18-10-6-16(23)7-11-18)27-28(21)19-12-8-17(24)9-13-19/h2-13H,1H3,(H,25,29). The van der Waals surface area contributed by atoms with E-state index >= 15 is 0 Å². The first-order valence-electron chi connectivity index (χ1n) is 8.86. The summed E-state index contributed by atoms with van der Waals surface area (Å²) >= 11 is 3.36. The molecule has 1 N–H and O–H groups in total. The molecule has 0 fully saturated rings. The molecule has 0 spiro atoms. The maximum absolute atomic E-state index is 13.4. The number of amides is 1. The van der Waals surface area contributed by atoms with E-state index in [0.29, 0.717) is 17.2 Å². The average molecular weight is 451 g/mol. The van der Waals surface area contributed by atoms with Crippen molar-refractivity contribution in [2.45, 2.75) is 6.92 Å². The van der Waals surface area contributed by atoms with Crippen LogP contribution < -0.4 is 5.32 Å². The fraction of sp³-hybridized carbons (Fsp3) is 0.0455. The van der Waals surface area contributed by atoms with Crippen molar-refractivity contribution < 1.29 is 9.18 Å². The number of carbonyl (C=O) groups is 1. The predicted molar refractivity (Wildman–Crippen MR) is 114 cm³/mol. The molecule has 0 saturated carbocycles. The van der Waals surface area contributed by atoms with E-state index in [1.165, 1.54) is 12.1 Å². The lowest BCUT2D eigenvalue weighted by molar-refractivity contribution is 0.101. The Kier molecular flexibility index (Phi) is 5.22. The molecule has 0 bridgehead atoms. The number of carbonyl (C=O) groups excluding carboxylic acids is 1. The quantitative estimate of drug-likeness (QED) is 0.452. The van der Waals surface area contributed by atoms with E-state index in [2.05, 4.69) is 31.3 Å². The Morgan fingerprint density at radius 1 is 0.966 bits per heavy atom. The van der Waals surface area contributed by atoms with Crippen LogP contribution in [0.4, 0.5) is 10.1 Å². The normalized spacial score (nSPS) is 10.7. The highest BCUT2D eigenvalue weighted by Gasteiger charge is 2.19. The van der Waals surface area contributed by atoms with Crippen LogP contribution in [0, 0.1) is 12.7 Å². The number of hydrogen-bond acceptors (Lipinski definition) is 3. The molecule has 3 aromatic carbocycles. The van der Waals surface area contributed by atoms with Crippen LogP contribution in [0.2, 0.25) is 0 Å². The summed E-state index contributed by atoms with van der Waals surface area (Å²) in [4.78, 5) is 17.2. The topological polar surface area (TPSA) is 59.8 Å². The second-order valence-electron chi connectivity index (χ2n) is 6.47. The monoisotopic (exact) mass is 450 g/mol. The van der Waals surface area contributed by atoms with Gasteiger partial charge in [0.2, 0.25) is 5.82 Å². The molecule has 0 aliphatic rings. The largest absolute Gasteiger partial charge is 0.319 e. The zero-order valence-corrected chi connectivity index (χ0v) is 17.0. The first-order valence-corrected chi connectivity index (χ1v) is 9.66. The maximum Gasteiger partial charge on any atom is 0.295 e. The maximum atomic E-state index is 13.4. The van der Waals surface area contributed by atoms with Gasteiger partial charge in [-0.2, -0.15) is 0 Å². The van der Waals surface area contributed by atoms with E-state index in [9.17, 15) is 9.18 Å². The number of aromatic nitrogens is 3. The minimum absolute atomic E-state index is 0.0211. The van der Waals surface area contributed by atoms with Gasteiger partial charge in [-0.25, -0.2) is 14.1 Å². The van der Waals surface area contributed by atoms with E-state index in [1.54, 1.807) is 28.9 Å². The molecule has 144 valence electrons. The van der Waals surface area contributed by atoms with Crippen LogP contribution >= 0.6 is 15.9 Å². The summed E-state index contributed by atoms with van der Waals surface area (Å²) < 4.78 is 15.8. The van der Waals surface area contributed by atoms with Gasteiger partial charge in [-0.1, -0.05) is 45.8 Å². The van der Waals surface area contributed by atoms with E-state index in [1.807, 2.05) is 43.3 Å². The molecule has 1 amide bonds. The van der Waals surface area contributed by atoms with Gasteiger partial charge in [0.05, 0.1) is 5.69 Å². The van der Waals surface area contributed by atoms with Crippen LogP contribution in [0.1, 0.15) is 16.2 Å². The molecule has 29 heavy (non-hydrogen) atoms. The van der Waals surface area contributed by atoms with E-state index in [4.69, 9.17) is 0 Å². The number of nitrogens with zero attached hydrogens (tertiary/aromatic N) is 3.